The van der Waals surface area contributed by atoms with Gasteiger partial charge in [-0.05, 0) is 44.9 Å². The van der Waals surface area contributed by atoms with E-state index in [2.05, 4.69) is 10.0 Å². The monoisotopic (exact) mass is 328 g/mol. The zero-order chi connectivity index (χ0) is 16.5. The molecule has 0 amide bonds. The highest BCUT2D eigenvalue weighted by molar-refractivity contribution is 7.89. The molecule has 0 heterocycles. The first-order valence-corrected chi connectivity index (χ1v) is 8.40. The quantitative estimate of drug-likeness (QED) is 0.507. The summed E-state index contributed by atoms with van der Waals surface area (Å²) in [6.07, 6.45) is 2.13. The molecule has 1 aliphatic carbocycles. The van der Waals surface area contributed by atoms with Crippen LogP contribution in [0, 0.1) is 16.0 Å². The molecule has 1 aromatic rings. The number of anilines is 1. The number of rotatable bonds is 7. The zero-order valence-electron chi connectivity index (χ0n) is 12.5. The second-order valence-corrected chi connectivity index (χ2v) is 7.66. The molecule has 0 radical (unpaired) electrons. The number of hydrogen-bond acceptors (Lipinski definition) is 6. The van der Waals surface area contributed by atoms with E-state index in [1.54, 1.807) is 0 Å². The number of sulfonamides is 1. The normalized spacial score (nSPS) is 17.8. The Kier molecular flexibility index (Phi) is 4.41. The highest BCUT2D eigenvalue weighted by atomic mass is 32.2. The van der Waals surface area contributed by atoms with Crippen molar-refractivity contribution in [3.05, 3.63) is 28.3 Å². The van der Waals surface area contributed by atoms with E-state index in [-0.39, 0.29) is 16.3 Å². The van der Waals surface area contributed by atoms with Crippen molar-refractivity contribution in [2.24, 2.45) is 11.7 Å². The van der Waals surface area contributed by atoms with Gasteiger partial charge in [0.1, 0.15) is 5.69 Å². The Bertz CT molecular complexity index is 683. The van der Waals surface area contributed by atoms with Crippen molar-refractivity contribution in [2.75, 3.05) is 18.9 Å². The van der Waals surface area contributed by atoms with Crippen LogP contribution in [0.2, 0.25) is 0 Å². The fraction of sp³-hybridized carbons (Fsp3) is 0.538. The third kappa shape index (κ3) is 3.54. The smallest absolute Gasteiger partial charge is 0.293 e. The number of nitro benzene ring substituents is 1. The zero-order valence-corrected chi connectivity index (χ0v) is 13.3. The number of benzene rings is 1. The van der Waals surface area contributed by atoms with Crippen LogP contribution in [-0.2, 0) is 10.0 Å². The topological polar surface area (TPSA) is 127 Å². The van der Waals surface area contributed by atoms with Crippen LogP contribution in [0.15, 0.2) is 23.1 Å². The molecule has 1 aromatic carbocycles. The van der Waals surface area contributed by atoms with Crippen LogP contribution in [-0.4, -0.2) is 32.5 Å². The van der Waals surface area contributed by atoms with Gasteiger partial charge in [0.15, 0.2) is 0 Å². The van der Waals surface area contributed by atoms with Gasteiger partial charge in [-0.1, -0.05) is 0 Å². The Morgan fingerprint density at radius 3 is 2.59 bits per heavy atom. The Morgan fingerprint density at radius 1 is 1.45 bits per heavy atom. The van der Waals surface area contributed by atoms with Gasteiger partial charge in [-0.15, -0.1) is 0 Å². The van der Waals surface area contributed by atoms with Gasteiger partial charge in [0.25, 0.3) is 5.69 Å². The lowest BCUT2D eigenvalue weighted by Crippen LogP contribution is -2.45. The van der Waals surface area contributed by atoms with Crippen molar-refractivity contribution < 1.29 is 13.3 Å². The molecule has 0 aliphatic heterocycles. The fourth-order valence-corrected chi connectivity index (χ4v) is 3.02. The van der Waals surface area contributed by atoms with Crippen LogP contribution in [0.4, 0.5) is 11.4 Å². The molecular weight excluding hydrogens is 308 g/mol. The fourth-order valence-electron chi connectivity index (χ4n) is 2.27. The Balaban J connectivity index is 2.26. The summed E-state index contributed by atoms with van der Waals surface area (Å²) in [5.74, 6) is 0.419. The van der Waals surface area contributed by atoms with Gasteiger partial charge < -0.3 is 11.1 Å². The van der Waals surface area contributed by atoms with Crippen LogP contribution < -0.4 is 15.8 Å². The van der Waals surface area contributed by atoms with Crippen molar-refractivity contribution >= 4 is 21.4 Å². The van der Waals surface area contributed by atoms with Crippen molar-refractivity contribution in [1.82, 2.24) is 4.72 Å². The summed E-state index contributed by atoms with van der Waals surface area (Å²) in [6, 6.07) is 3.76. The summed E-state index contributed by atoms with van der Waals surface area (Å²) in [6.45, 7) is 2.29. The summed E-state index contributed by atoms with van der Waals surface area (Å²) in [5.41, 5.74) is 5.71. The maximum absolute atomic E-state index is 11.7. The lowest BCUT2D eigenvalue weighted by molar-refractivity contribution is -0.384. The van der Waals surface area contributed by atoms with Crippen molar-refractivity contribution in [3.8, 4) is 0 Å². The molecule has 0 saturated heterocycles. The predicted molar refractivity (Wildman–Crippen MR) is 83.1 cm³/mol. The molecule has 1 fully saturated rings. The number of nitrogens with zero attached hydrogens (tertiary/aromatic N) is 1. The van der Waals surface area contributed by atoms with Crippen LogP contribution in [0.5, 0.6) is 0 Å². The van der Waals surface area contributed by atoms with Crippen LogP contribution in [0.1, 0.15) is 19.8 Å². The van der Waals surface area contributed by atoms with E-state index in [1.165, 1.54) is 19.2 Å². The van der Waals surface area contributed by atoms with E-state index in [0.717, 1.165) is 18.9 Å². The van der Waals surface area contributed by atoms with Gasteiger partial charge in [-0.3, -0.25) is 10.1 Å². The molecular formula is C13H20N4O4S. The first kappa shape index (κ1) is 16.7. The third-order valence-corrected chi connectivity index (χ3v) is 5.33. The Labute approximate surface area is 129 Å². The van der Waals surface area contributed by atoms with Gasteiger partial charge in [0.05, 0.1) is 9.82 Å². The van der Waals surface area contributed by atoms with Gasteiger partial charge in [-0.2, -0.15) is 0 Å². The molecule has 1 saturated carbocycles. The Hall–Kier alpha value is -1.71. The van der Waals surface area contributed by atoms with Gasteiger partial charge in [-0.25, -0.2) is 13.1 Å². The van der Waals surface area contributed by atoms with E-state index in [9.17, 15) is 18.5 Å². The minimum absolute atomic E-state index is 0.148. The maximum atomic E-state index is 11.7. The number of nitrogens with two attached hydrogens (primary N) is 1. The summed E-state index contributed by atoms with van der Waals surface area (Å²) >= 11 is 0. The summed E-state index contributed by atoms with van der Waals surface area (Å²) in [7, 11) is -2.47. The number of hydrogen-bond donors (Lipinski definition) is 3. The van der Waals surface area contributed by atoms with E-state index in [1.807, 2.05) is 6.92 Å². The summed E-state index contributed by atoms with van der Waals surface area (Å²) < 4.78 is 25.6. The molecule has 0 spiro atoms. The molecule has 22 heavy (non-hydrogen) atoms. The average Bonchev–Trinajstić information content (AvgIpc) is 3.30. The first-order valence-electron chi connectivity index (χ1n) is 6.92. The predicted octanol–water partition coefficient (Wildman–Crippen LogP) is 1.04. The minimum Gasteiger partial charge on any atom is -0.378 e. The molecule has 9 heteroatoms. The average molecular weight is 328 g/mol. The van der Waals surface area contributed by atoms with Gasteiger partial charge >= 0.3 is 0 Å². The van der Waals surface area contributed by atoms with E-state index in [4.69, 9.17) is 5.73 Å². The molecule has 122 valence electrons. The molecule has 2 rings (SSSR count). The standard InChI is InChI=1S/C13H20N4O4S/c1-13(14,9-3-4-9)8-16-11-6-5-10(22(20,21)15-2)7-12(11)17(18)19/h5-7,9,15-16H,3-4,8,14H2,1-2H3. The van der Waals surface area contributed by atoms with E-state index < -0.39 is 20.5 Å². The second kappa shape index (κ2) is 5.82. The van der Waals surface area contributed by atoms with Crippen LogP contribution >= 0.6 is 0 Å². The summed E-state index contributed by atoms with van der Waals surface area (Å²) in [5, 5.41) is 14.2. The molecule has 1 aliphatic rings. The first-order chi connectivity index (χ1) is 10.2. The molecule has 4 N–H and O–H groups in total. The lowest BCUT2D eigenvalue weighted by atomic mass is 9.97. The van der Waals surface area contributed by atoms with E-state index in [0.29, 0.717) is 12.5 Å². The van der Waals surface area contributed by atoms with Crippen molar-refractivity contribution in [2.45, 2.75) is 30.2 Å². The van der Waals surface area contributed by atoms with Crippen LogP contribution in [0.3, 0.4) is 0 Å². The maximum Gasteiger partial charge on any atom is 0.293 e. The van der Waals surface area contributed by atoms with Crippen LogP contribution in [0.25, 0.3) is 0 Å². The van der Waals surface area contributed by atoms with E-state index >= 15 is 0 Å². The second-order valence-electron chi connectivity index (χ2n) is 5.78. The SMILES string of the molecule is CNS(=O)(=O)c1ccc(NCC(C)(N)C2CC2)c([N+](=O)[O-])c1. The van der Waals surface area contributed by atoms with Crippen molar-refractivity contribution in [3.63, 3.8) is 0 Å². The van der Waals surface area contributed by atoms with Gasteiger partial charge in [0.2, 0.25) is 10.0 Å². The molecule has 8 nitrogen and oxygen atoms in total. The third-order valence-electron chi connectivity index (χ3n) is 3.91. The number of nitro groups is 1. The molecule has 1 unspecified atom stereocenters. The number of nitrogens with one attached hydrogen (secondary N) is 2. The molecule has 0 bridgehead atoms. The lowest BCUT2D eigenvalue weighted by Gasteiger charge is -2.25. The molecule has 1 atom stereocenters. The largest absolute Gasteiger partial charge is 0.378 e. The summed E-state index contributed by atoms with van der Waals surface area (Å²) in [4.78, 5) is 10.4. The molecule has 0 aromatic heterocycles. The van der Waals surface area contributed by atoms with Gasteiger partial charge in [0, 0.05) is 18.2 Å². The highest BCUT2D eigenvalue weighted by Crippen LogP contribution is 2.38. The minimum atomic E-state index is -3.72. The highest BCUT2D eigenvalue weighted by Gasteiger charge is 2.38. The van der Waals surface area contributed by atoms with Crippen molar-refractivity contribution in [1.29, 1.82) is 0 Å². The Morgan fingerprint density at radius 2 is 2.09 bits per heavy atom.